The molecule has 0 aliphatic carbocycles. The summed E-state index contributed by atoms with van der Waals surface area (Å²) >= 11 is 6.07. The zero-order chi connectivity index (χ0) is 18.3. The third-order valence-electron chi connectivity index (χ3n) is 4.16. The van der Waals surface area contributed by atoms with Crippen molar-refractivity contribution in [1.82, 2.24) is 5.32 Å². The van der Waals surface area contributed by atoms with Crippen LogP contribution in [0, 0.1) is 0 Å². The number of aliphatic imine (C=N–C) groups is 1. The predicted molar refractivity (Wildman–Crippen MR) is 99.1 cm³/mol. The number of anilines is 2. The fraction of sp³-hybridized carbons (Fsp3) is 0.118. The lowest BCUT2D eigenvalue weighted by molar-refractivity contribution is -0.544. The van der Waals surface area contributed by atoms with Crippen LogP contribution in [0.2, 0.25) is 5.02 Å². The van der Waals surface area contributed by atoms with Crippen LogP contribution in [0.5, 0.6) is 5.75 Å². The number of para-hydroxylation sites is 1. The number of guanidine groups is 2. The van der Waals surface area contributed by atoms with Gasteiger partial charge in [-0.3, -0.25) is 4.79 Å². The van der Waals surface area contributed by atoms with Crippen molar-refractivity contribution in [3.05, 3.63) is 53.1 Å². The van der Waals surface area contributed by atoms with Gasteiger partial charge in [-0.25, -0.2) is 15.6 Å². The highest BCUT2D eigenvalue weighted by Gasteiger charge is 2.51. The van der Waals surface area contributed by atoms with Crippen molar-refractivity contribution >= 4 is 40.8 Å². The van der Waals surface area contributed by atoms with Gasteiger partial charge in [0.1, 0.15) is 5.69 Å². The standard InChI is InChI=1S/C17H15ClN6O2/c1-26-13-7-6-9(18)8-12(13)21-16-22-15(19)23-17(24-16)10-4-2-3-5-11(10)20-14(17)25/h2-8H,1H3,(H,20,25)(H4,19,21,22,23,24)/p+1/t17-/m0/s1. The number of rotatable bonds is 2. The Kier molecular flexibility index (Phi) is 3.69. The van der Waals surface area contributed by atoms with Gasteiger partial charge < -0.3 is 15.8 Å². The lowest BCUT2D eigenvalue weighted by atomic mass is 10.0. The molecule has 1 amide bonds. The van der Waals surface area contributed by atoms with E-state index >= 15 is 0 Å². The molecule has 26 heavy (non-hydrogen) atoms. The minimum absolute atomic E-state index is 0.0964. The van der Waals surface area contributed by atoms with E-state index in [1.165, 1.54) is 0 Å². The molecule has 2 aliphatic heterocycles. The molecular weight excluding hydrogens is 356 g/mol. The highest BCUT2D eigenvalue weighted by molar-refractivity contribution is 6.31. The number of halogens is 1. The van der Waals surface area contributed by atoms with E-state index in [0.29, 0.717) is 33.7 Å². The molecule has 0 aromatic heterocycles. The average molecular weight is 372 g/mol. The zero-order valence-electron chi connectivity index (χ0n) is 13.8. The van der Waals surface area contributed by atoms with Crippen molar-refractivity contribution in [2.45, 2.75) is 5.66 Å². The number of benzene rings is 2. The van der Waals surface area contributed by atoms with Gasteiger partial charge in [0, 0.05) is 10.6 Å². The van der Waals surface area contributed by atoms with Gasteiger partial charge in [-0.2, -0.15) is 4.99 Å². The average Bonchev–Trinajstić information content (AvgIpc) is 2.86. The highest BCUT2D eigenvalue weighted by atomic mass is 35.5. The molecule has 132 valence electrons. The topological polar surface area (TPSA) is 115 Å². The number of hydrogen-bond donors (Lipinski definition) is 5. The molecular formula is C17H16ClN6O2+. The number of hydrogen-bond acceptors (Lipinski definition) is 6. The third-order valence-corrected chi connectivity index (χ3v) is 4.40. The fourth-order valence-electron chi connectivity index (χ4n) is 3.03. The van der Waals surface area contributed by atoms with Gasteiger partial charge >= 0.3 is 5.96 Å². The summed E-state index contributed by atoms with van der Waals surface area (Å²) in [5.41, 5.74) is 6.58. The van der Waals surface area contributed by atoms with Crippen LogP contribution in [0.25, 0.3) is 0 Å². The Morgan fingerprint density at radius 3 is 2.88 bits per heavy atom. The van der Waals surface area contributed by atoms with Crippen LogP contribution >= 0.6 is 11.6 Å². The third kappa shape index (κ3) is 2.51. The van der Waals surface area contributed by atoms with E-state index in [-0.39, 0.29) is 11.9 Å². The summed E-state index contributed by atoms with van der Waals surface area (Å²) in [6.45, 7) is 0. The molecule has 0 saturated heterocycles. The number of fused-ring (bicyclic) bond motifs is 2. The van der Waals surface area contributed by atoms with Crippen LogP contribution in [0.4, 0.5) is 11.4 Å². The molecule has 1 spiro atoms. The van der Waals surface area contributed by atoms with Crippen LogP contribution in [0.15, 0.2) is 47.5 Å². The Hall–Kier alpha value is -3.26. The van der Waals surface area contributed by atoms with Crippen LogP contribution in [0.3, 0.4) is 0 Å². The summed E-state index contributed by atoms with van der Waals surface area (Å²) in [6, 6.07) is 12.5. The van der Waals surface area contributed by atoms with E-state index in [2.05, 4.69) is 25.9 Å². The first-order valence-electron chi connectivity index (χ1n) is 7.81. The van der Waals surface area contributed by atoms with Gasteiger partial charge in [0.25, 0.3) is 17.5 Å². The first-order valence-corrected chi connectivity index (χ1v) is 8.18. The van der Waals surface area contributed by atoms with Crippen molar-refractivity contribution < 1.29 is 14.5 Å². The SMILES string of the molecule is COc1ccc(Cl)cc1NC1=[NH+][C@]2(N=C(N)N1)C(=O)Nc1ccccc12. The smallest absolute Gasteiger partial charge is 0.358 e. The summed E-state index contributed by atoms with van der Waals surface area (Å²) in [6.07, 6.45) is 0. The number of methoxy groups -OCH3 is 1. The summed E-state index contributed by atoms with van der Waals surface area (Å²) < 4.78 is 5.33. The summed E-state index contributed by atoms with van der Waals surface area (Å²) in [4.78, 5) is 20.1. The second-order valence-corrected chi connectivity index (χ2v) is 6.24. The molecule has 1 atom stereocenters. The van der Waals surface area contributed by atoms with Crippen LogP contribution < -0.4 is 31.4 Å². The van der Waals surface area contributed by atoms with E-state index in [1.807, 2.05) is 24.3 Å². The first kappa shape index (κ1) is 16.2. The van der Waals surface area contributed by atoms with Crippen LogP contribution in [-0.4, -0.2) is 24.9 Å². The maximum absolute atomic E-state index is 12.7. The zero-order valence-corrected chi connectivity index (χ0v) is 14.5. The maximum Gasteiger partial charge on any atom is 0.358 e. The second kappa shape index (κ2) is 5.92. The molecule has 0 unspecified atom stereocenters. The first-order chi connectivity index (χ1) is 12.5. The lowest BCUT2D eigenvalue weighted by Gasteiger charge is -2.22. The van der Waals surface area contributed by atoms with E-state index < -0.39 is 5.66 Å². The van der Waals surface area contributed by atoms with E-state index in [1.54, 1.807) is 25.3 Å². The van der Waals surface area contributed by atoms with Crippen LogP contribution in [0.1, 0.15) is 5.56 Å². The number of ether oxygens (including phenoxy) is 1. The number of nitrogens with zero attached hydrogens (tertiary/aromatic N) is 1. The van der Waals surface area contributed by atoms with Gasteiger partial charge in [0.2, 0.25) is 0 Å². The number of nitrogens with one attached hydrogen (secondary N) is 4. The molecule has 0 saturated carbocycles. The molecule has 0 fully saturated rings. The van der Waals surface area contributed by atoms with Crippen molar-refractivity contribution in [1.29, 1.82) is 0 Å². The number of amides is 1. The van der Waals surface area contributed by atoms with Gasteiger partial charge in [-0.05, 0) is 24.3 Å². The fourth-order valence-corrected chi connectivity index (χ4v) is 3.20. The predicted octanol–water partition coefficient (Wildman–Crippen LogP) is -0.0799. The maximum atomic E-state index is 12.7. The Bertz CT molecular complexity index is 973. The van der Waals surface area contributed by atoms with Crippen molar-refractivity contribution in [3.63, 3.8) is 0 Å². The molecule has 4 rings (SSSR count). The molecule has 0 radical (unpaired) electrons. The van der Waals surface area contributed by atoms with Crippen molar-refractivity contribution in [2.24, 2.45) is 10.7 Å². The molecule has 2 aromatic rings. The summed E-state index contributed by atoms with van der Waals surface area (Å²) in [5.74, 6) is 0.737. The normalized spacial score (nSPS) is 20.6. The quantitative estimate of drug-likeness (QED) is 0.506. The van der Waals surface area contributed by atoms with E-state index in [0.717, 1.165) is 0 Å². The number of nitrogens with two attached hydrogens (primary N) is 1. The summed E-state index contributed by atoms with van der Waals surface area (Å²) in [7, 11) is 1.55. The Morgan fingerprint density at radius 2 is 2.08 bits per heavy atom. The molecule has 9 heteroatoms. The molecule has 2 aromatic carbocycles. The highest BCUT2D eigenvalue weighted by Crippen LogP contribution is 2.34. The van der Waals surface area contributed by atoms with E-state index in [9.17, 15) is 4.79 Å². The molecule has 8 nitrogen and oxygen atoms in total. The van der Waals surface area contributed by atoms with Crippen LogP contribution in [-0.2, 0) is 10.5 Å². The summed E-state index contributed by atoms with van der Waals surface area (Å²) in [5, 5.41) is 9.35. The van der Waals surface area contributed by atoms with E-state index in [4.69, 9.17) is 22.1 Å². The second-order valence-electron chi connectivity index (χ2n) is 5.80. The Morgan fingerprint density at radius 1 is 1.27 bits per heavy atom. The van der Waals surface area contributed by atoms with Gasteiger partial charge in [0.05, 0.1) is 12.8 Å². The Labute approximate surface area is 154 Å². The minimum Gasteiger partial charge on any atom is -0.493 e. The lowest BCUT2D eigenvalue weighted by Crippen LogP contribution is -2.92. The minimum atomic E-state index is -1.35. The molecule has 2 heterocycles. The molecule has 2 aliphatic rings. The number of carbonyl (C=O) groups excluding carboxylic acids is 1. The Balaban J connectivity index is 1.78. The number of carbonyl (C=O) groups is 1. The monoisotopic (exact) mass is 371 g/mol. The molecule has 0 bridgehead atoms. The van der Waals surface area contributed by atoms with Gasteiger partial charge in [-0.1, -0.05) is 29.8 Å². The van der Waals surface area contributed by atoms with Gasteiger partial charge in [-0.15, -0.1) is 0 Å². The van der Waals surface area contributed by atoms with Crippen molar-refractivity contribution in [2.75, 3.05) is 17.7 Å². The van der Waals surface area contributed by atoms with Crippen molar-refractivity contribution in [3.8, 4) is 5.75 Å². The largest absolute Gasteiger partial charge is 0.493 e. The van der Waals surface area contributed by atoms with Gasteiger partial charge in [0.15, 0.2) is 5.75 Å². The molecule has 6 N–H and O–H groups in total.